The van der Waals surface area contributed by atoms with Crippen molar-refractivity contribution in [3.05, 3.63) is 53.3 Å². The molecule has 90 valence electrons. The van der Waals surface area contributed by atoms with Crippen molar-refractivity contribution in [3.63, 3.8) is 0 Å². The number of hydrogen-bond acceptors (Lipinski definition) is 4. The third-order valence-electron chi connectivity index (χ3n) is 3.01. The third-order valence-corrected chi connectivity index (χ3v) is 3.01. The lowest BCUT2D eigenvalue weighted by molar-refractivity contribution is 0.103. The van der Waals surface area contributed by atoms with Gasteiger partial charge in [-0.05, 0) is 23.8 Å². The number of fused-ring (bicyclic) bond motifs is 1. The molecule has 1 aromatic heterocycles. The van der Waals surface area contributed by atoms with E-state index in [4.69, 9.17) is 10.5 Å². The second-order valence-electron chi connectivity index (χ2n) is 4.16. The number of ether oxygens (including phenoxy) is 1. The summed E-state index contributed by atoms with van der Waals surface area (Å²) in [6, 6.07) is 8.96. The summed E-state index contributed by atoms with van der Waals surface area (Å²) < 4.78 is 5.52. The fraction of sp³-hybridized carbons (Fsp3) is 0.143. The fourth-order valence-electron chi connectivity index (χ4n) is 2.13. The molecule has 3 rings (SSSR count). The topological polar surface area (TPSA) is 65.2 Å². The average Bonchev–Trinajstić information content (AvgIpc) is 2.86. The van der Waals surface area contributed by atoms with Crippen LogP contribution in [0, 0.1) is 0 Å². The number of rotatable bonds is 2. The number of nitrogen functional groups attached to an aromatic ring is 1. The monoisotopic (exact) mass is 240 g/mol. The molecule has 0 aliphatic carbocycles. The van der Waals surface area contributed by atoms with Crippen molar-refractivity contribution in [1.82, 2.24) is 4.98 Å². The van der Waals surface area contributed by atoms with E-state index in [0.717, 1.165) is 12.0 Å². The van der Waals surface area contributed by atoms with Crippen LogP contribution in [0.15, 0.2) is 36.5 Å². The molecule has 0 atom stereocenters. The van der Waals surface area contributed by atoms with E-state index >= 15 is 0 Å². The molecule has 0 radical (unpaired) electrons. The lowest BCUT2D eigenvalue weighted by Gasteiger charge is -2.07. The quantitative estimate of drug-likeness (QED) is 0.813. The number of carbonyl (C=O) groups excluding carboxylic acids is 1. The lowest BCUT2D eigenvalue weighted by Crippen LogP contribution is -2.09. The van der Waals surface area contributed by atoms with Gasteiger partial charge in [0.2, 0.25) is 5.78 Å². The minimum absolute atomic E-state index is 0.188. The first-order chi connectivity index (χ1) is 8.77. The number of nitrogens with two attached hydrogens (primary N) is 1. The molecule has 4 nitrogen and oxygen atoms in total. The molecule has 1 aromatic carbocycles. The molecule has 0 bridgehead atoms. The van der Waals surface area contributed by atoms with Gasteiger partial charge in [-0.1, -0.05) is 12.1 Å². The number of pyridine rings is 1. The smallest absolute Gasteiger partial charge is 0.217 e. The first kappa shape index (κ1) is 10.8. The van der Waals surface area contributed by atoms with Crippen LogP contribution in [0.5, 0.6) is 5.75 Å². The largest absolute Gasteiger partial charge is 0.492 e. The summed E-state index contributed by atoms with van der Waals surface area (Å²) in [6.45, 7) is 0.622. The molecule has 18 heavy (non-hydrogen) atoms. The minimum atomic E-state index is -0.188. The van der Waals surface area contributed by atoms with Crippen LogP contribution in [-0.4, -0.2) is 17.4 Å². The Morgan fingerprint density at radius 1 is 1.28 bits per heavy atom. The zero-order chi connectivity index (χ0) is 12.5. The number of carbonyl (C=O) groups is 1. The standard InChI is InChI=1S/C14H12N2O2/c15-11-5-2-7-16-12(11)13(17)10-4-1-3-9-6-8-18-14(9)10/h1-5,7H,6,8,15H2. The van der Waals surface area contributed by atoms with E-state index in [1.54, 1.807) is 24.4 Å². The van der Waals surface area contributed by atoms with E-state index in [-0.39, 0.29) is 11.5 Å². The van der Waals surface area contributed by atoms with Gasteiger partial charge in [0, 0.05) is 12.6 Å². The Balaban J connectivity index is 2.09. The predicted octanol–water partition coefficient (Wildman–Crippen LogP) is 1.83. The molecular weight excluding hydrogens is 228 g/mol. The Morgan fingerprint density at radius 3 is 3.00 bits per heavy atom. The fourth-order valence-corrected chi connectivity index (χ4v) is 2.13. The molecule has 2 heterocycles. The molecule has 1 aliphatic heterocycles. The molecule has 2 N–H and O–H groups in total. The van der Waals surface area contributed by atoms with Gasteiger partial charge in [0.1, 0.15) is 11.4 Å². The summed E-state index contributed by atoms with van der Waals surface area (Å²) >= 11 is 0. The summed E-state index contributed by atoms with van der Waals surface area (Å²) in [6.07, 6.45) is 2.40. The van der Waals surface area contributed by atoms with Crippen molar-refractivity contribution in [2.75, 3.05) is 12.3 Å². The third kappa shape index (κ3) is 1.62. The molecule has 0 saturated heterocycles. The normalized spacial score (nSPS) is 12.9. The number of benzene rings is 1. The van der Waals surface area contributed by atoms with E-state index in [9.17, 15) is 4.79 Å². The molecule has 0 unspecified atom stereocenters. The van der Waals surface area contributed by atoms with E-state index in [2.05, 4.69) is 4.98 Å². The van der Waals surface area contributed by atoms with Crippen LogP contribution in [-0.2, 0) is 6.42 Å². The van der Waals surface area contributed by atoms with Crippen molar-refractivity contribution < 1.29 is 9.53 Å². The highest BCUT2D eigenvalue weighted by atomic mass is 16.5. The Kier molecular flexibility index (Phi) is 2.48. The Hall–Kier alpha value is -2.36. The van der Waals surface area contributed by atoms with Gasteiger partial charge < -0.3 is 10.5 Å². The van der Waals surface area contributed by atoms with E-state index in [0.29, 0.717) is 23.6 Å². The molecule has 0 spiro atoms. The summed E-state index contributed by atoms with van der Waals surface area (Å²) in [7, 11) is 0. The zero-order valence-electron chi connectivity index (χ0n) is 9.72. The Labute approximate surface area is 104 Å². The SMILES string of the molecule is Nc1cccnc1C(=O)c1cccc2c1OCC2. The number of hydrogen-bond donors (Lipinski definition) is 1. The van der Waals surface area contributed by atoms with Gasteiger partial charge in [-0.2, -0.15) is 0 Å². The summed E-state index contributed by atoms with van der Waals surface area (Å²) in [5.74, 6) is 0.486. The first-order valence-corrected chi connectivity index (χ1v) is 5.77. The van der Waals surface area contributed by atoms with Crippen molar-refractivity contribution in [1.29, 1.82) is 0 Å². The molecular formula is C14H12N2O2. The van der Waals surface area contributed by atoms with Crippen LogP contribution in [0.25, 0.3) is 0 Å². The van der Waals surface area contributed by atoms with Crippen molar-refractivity contribution >= 4 is 11.5 Å². The number of para-hydroxylation sites is 1. The Morgan fingerprint density at radius 2 is 2.17 bits per heavy atom. The van der Waals surface area contributed by atoms with Gasteiger partial charge in [-0.15, -0.1) is 0 Å². The molecule has 0 saturated carbocycles. The molecule has 4 heteroatoms. The van der Waals surface area contributed by atoms with E-state index in [1.807, 2.05) is 12.1 Å². The Bertz CT molecular complexity index is 623. The summed E-state index contributed by atoms with van der Waals surface area (Å²) in [5.41, 5.74) is 8.05. The minimum Gasteiger partial charge on any atom is -0.492 e. The van der Waals surface area contributed by atoms with Gasteiger partial charge in [-0.25, -0.2) is 0 Å². The highest BCUT2D eigenvalue weighted by molar-refractivity contribution is 6.12. The average molecular weight is 240 g/mol. The van der Waals surface area contributed by atoms with E-state index in [1.165, 1.54) is 0 Å². The number of ketones is 1. The van der Waals surface area contributed by atoms with E-state index < -0.39 is 0 Å². The highest BCUT2D eigenvalue weighted by Crippen LogP contribution is 2.31. The highest BCUT2D eigenvalue weighted by Gasteiger charge is 2.23. The maximum Gasteiger partial charge on any atom is 0.217 e. The predicted molar refractivity (Wildman–Crippen MR) is 67.7 cm³/mol. The van der Waals surface area contributed by atoms with Gasteiger partial charge in [0.05, 0.1) is 17.9 Å². The second kappa shape index (κ2) is 4.14. The number of anilines is 1. The van der Waals surface area contributed by atoms with Gasteiger partial charge in [0.25, 0.3) is 0 Å². The second-order valence-corrected chi connectivity index (χ2v) is 4.16. The van der Waals surface area contributed by atoms with Crippen LogP contribution < -0.4 is 10.5 Å². The number of nitrogens with zero attached hydrogens (tertiary/aromatic N) is 1. The number of aromatic nitrogens is 1. The summed E-state index contributed by atoms with van der Waals surface area (Å²) in [5, 5.41) is 0. The maximum absolute atomic E-state index is 12.4. The van der Waals surface area contributed by atoms with Crippen LogP contribution in [0.4, 0.5) is 5.69 Å². The van der Waals surface area contributed by atoms with Gasteiger partial charge in [0.15, 0.2) is 0 Å². The molecule has 0 fully saturated rings. The van der Waals surface area contributed by atoms with Crippen LogP contribution in [0.3, 0.4) is 0 Å². The molecule has 1 aliphatic rings. The van der Waals surface area contributed by atoms with Crippen molar-refractivity contribution in [3.8, 4) is 5.75 Å². The first-order valence-electron chi connectivity index (χ1n) is 5.77. The maximum atomic E-state index is 12.4. The van der Waals surface area contributed by atoms with Gasteiger partial charge >= 0.3 is 0 Å². The lowest BCUT2D eigenvalue weighted by atomic mass is 10.0. The van der Waals surface area contributed by atoms with Crippen LogP contribution in [0.2, 0.25) is 0 Å². The zero-order valence-corrected chi connectivity index (χ0v) is 9.72. The van der Waals surface area contributed by atoms with Crippen LogP contribution in [0.1, 0.15) is 21.6 Å². The molecule has 2 aromatic rings. The van der Waals surface area contributed by atoms with Crippen LogP contribution >= 0.6 is 0 Å². The van der Waals surface area contributed by atoms with Crippen molar-refractivity contribution in [2.45, 2.75) is 6.42 Å². The van der Waals surface area contributed by atoms with Crippen molar-refractivity contribution in [2.24, 2.45) is 0 Å². The van der Waals surface area contributed by atoms with Gasteiger partial charge in [-0.3, -0.25) is 9.78 Å². The molecule has 0 amide bonds. The summed E-state index contributed by atoms with van der Waals surface area (Å²) in [4.78, 5) is 16.5.